The predicted octanol–water partition coefficient (Wildman–Crippen LogP) is 4.09. The van der Waals surface area contributed by atoms with Gasteiger partial charge in [-0.05, 0) is 43.7 Å². The van der Waals surface area contributed by atoms with Crippen molar-refractivity contribution < 1.29 is 4.79 Å². The Hall–Kier alpha value is -3.41. The maximum Gasteiger partial charge on any atom is 0.270 e. The number of nitrogens with one attached hydrogen (secondary N) is 2. The van der Waals surface area contributed by atoms with Crippen molar-refractivity contribution in [2.45, 2.75) is 19.9 Å². The van der Waals surface area contributed by atoms with E-state index in [1.807, 2.05) is 80.5 Å². The summed E-state index contributed by atoms with van der Waals surface area (Å²) in [6, 6.07) is 19.4. The Bertz CT molecular complexity index is 939. The van der Waals surface area contributed by atoms with Crippen molar-refractivity contribution in [2.75, 3.05) is 24.3 Å². The van der Waals surface area contributed by atoms with Crippen LogP contribution in [-0.2, 0) is 0 Å². The molecule has 0 aliphatic heterocycles. The fourth-order valence-electron chi connectivity index (χ4n) is 2.83. The molecular formula is C22H25N5O. The molecule has 0 spiro atoms. The van der Waals surface area contributed by atoms with Crippen LogP contribution in [0.15, 0.2) is 60.7 Å². The molecule has 3 rings (SSSR count). The SMILES string of the molecule is Cc1nc(Nc2ccc(N(C)C)cc2)cc(C(=O)NC(C)c2ccccc2)n1. The summed E-state index contributed by atoms with van der Waals surface area (Å²) in [5, 5.41) is 6.23. The highest BCUT2D eigenvalue weighted by molar-refractivity contribution is 5.93. The number of aryl methyl sites for hydroxylation is 1. The fourth-order valence-corrected chi connectivity index (χ4v) is 2.83. The molecule has 0 bridgehead atoms. The summed E-state index contributed by atoms with van der Waals surface area (Å²) in [7, 11) is 4.00. The molecule has 28 heavy (non-hydrogen) atoms. The van der Waals surface area contributed by atoms with Crippen LogP contribution < -0.4 is 15.5 Å². The second-order valence-electron chi connectivity index (χ2n) is 6.86. The third-order valence-corrected chi connectivity index (χ3v) is 4.37. The summed E-state index contributed by atoms with van der Waals surface area (Å²) >= 11 is 0. The van der Waals surface area contributed by atoms with Crippen molar-refractivity contribution in [3.63, 3.8) is 0 Å². The van der Waals surface area contributed by atoms with Crippen LogP contribution in [0.25, 0.3) is 0 Å². The number of rotatable bonds is 6. The highest BCUT2D eigenvalue weighted by Crippen LogP contribution is 2.20. The molecule has 6 nitrogen and oxygen atoms in total. The van der Waals surface area contributed by atoms with Gasteiger partial charge in [0.25, 0.3) is 5.91 Å². The third-order valence-electron chi connectivity index (χ3n) is 4.37. The van der Waals surface area contributed by atoms with E-state index >= 15 is 0 Å². The van der Waals surface area contributed by atoms with Crippen molar-refractivity contribution in [1.82, 2.24) is 15.3 Å². The lowest BCUT2D eigenvalue weighted by Crippen LogP contribution is -2.27. The Balaban J connectivity index is 1.74. The van der Waals surface area contributed by atoms with Crippen LogP contribution >= 0.6 is 0 Å². The van der Waals surface area contributed by atoms with Crippen molar-refractivity contribution in [3.8, 4) is 0 Å². The van der Waals surface area contributed by atoms with Crippen LogP contribution in [0.3, 0.4) is 0 Å². The Morgan fingerprint density at radius 3 is 2.32 bits per heavy atom. The van der Waals surface area contributed by atoms with Crippen LogP contribution in [0.2, 0.25) is 0 Å². The Labute approximate surface area is 165 Å². The van der Waals surface area contributed by atoms with Crippen molar-refractivity contribution in [2.24, 2.45) is 0 Å². The summed E-state index contributed by atoms with van der Waals surface area (Å²) in [4.78, 5) is 23.4. The molecule has 1 amide bonds. The van der Waals surface area contributed by atoms with Gasteiger partial charge in [-0.1, -0.05) is 30.3 Å². The minimum atomic E-state index is -0.229. The number of carbonyl (C=O) groups excluding carboxylic acids is 1. The van der Waals surface area contributed by atoms with E-state index in [-0.39, 0.29) is 11.9 Å². The number of hydrogen-bond acceptors (Lipinski definition) is 5. The molecule has 2 N–H and O–H groups in total. The van der Waals surface area contributed by atoms with Gasteiger partial charge in [0, 0.05) is 31.5 Å². The van der Waals surface area contributed by atoms with Gasteiger partial charge in [-0.15, -0.1) is 0 Å². The molecule has 6 heteroatoms. The molecule has 3 aromatic rings. The maximum absolute atomic E-state index is 12.7. The number of amides is 1. The molecule has 144 valence electrons. The van der Waals surface area contributed by atoms with Gasteiger partial charge in [-0.25, -0.2) is 9.97 Å². The Kier molecular flexibility index (Phi) is 5.89. The monoisotopic (exact) mass is 375 g/mol. The normalized spacial score (nSPS) is 11.6. The van der Waals surface area contributed by atoms with E-state index in [0.29, 0.717) is 17.3 Å². The zero-order valence-corrected chi connectivity index (χ0v) is 16.6. The summed E-state index contributed by atoms with van der Waals surface area (Å²) < 4.78 is 0. The van der Waals surface area contributed by atoms with E-state index < -0.39 is 0 Å². The van der Waals surface area contributed by atoms with E-state index in [9.17, 15) is 4.79 Å². The number of benzene rings is 2. The molecule has 1 atom stereocenters. The maximum atomic E-state index is 12.7. The van der Waals surface area contributed by atoms with Gasteiger partial charge in [0.05, 0.1) is 6.04 Å². The molecule has 0 aliphatic carbocycles. The number of hydrogen-bond donors (Lipinski definition) is 2. The first-order valence-electron chi connectivity index (χ1n) is 9.18. The summed E-state index contributed by atoms with van der Waals surface area (Å²) in [5.74, 6) is 0.892. The van der Waals surface area contributed by atoms with Crippen molar-refractivity contribution >= 4 is 23.1 Å². The van der Waals surface area contributed by atoms with Crippen LogP contribution in [0.4, 0.5) is 17.2 Å². The van der Waals surface area contributed by atoms with Crippen LogP contribution in [-0.4, -0.2) is 30.0 Å². The van der Waals surface area contributed by atoms with E-state index in [1.54, 1.807) is 13.0 Å². The smallest absolute Gasteiger partial charge is 0.270 e. The molecule has 1 unspecified atom stereocenters. The minimum absolute atomic E-state index is 0.112. The van der Waals surface area contributed by atoms with Gasteiger partial charge < -0.3 is 15.5 Å². The van der Waals surface area contributed by atoms with Crippen molar-refractivity contribution in [3.05, 3.63) is 77.7 Å². The first-order chi connectivity index (χ1) is 13.4. The topological polar surface area (TPSA) is 70.2 Å². The molecule has 0 saturated heterocycles. The quantitative estimate of drug-likeness (QED) is 0.679. The van der Waals surface area contributed by atoms with Gasteiger partial charge in [-0.2, -0.15) is 0 Å². The second kappa shape index (κ2) is 8.52. The average Bonchev–Trinajstić information content (AvgIpc) is 2.68. The van der Waals surface area contributed by atoms with E-state index in [1.165, 1.54) is 0 Å². The third kappa shape index (κ3) is 4.85. The zero-order chi connectivity index (χ0) is 20.1. The van der Waals surface area contributed by atoms with Gasteiger partial charge in [-0.3, -0.25) is 4.79 Å². The largest absolute Gasteiger partial charge is 0.378 e. The predicted molar refractivity (Wildman–Crippen MR) is 113 cm³/mol. The molecule has 1 heterocycles. The Morgan fingerprint density at radius 1 is 1.00 bits per heavy atom. The highest BCUT2D eigenvalue weighted by Gasteiger charge is 2.14. The summed E-state index contributed by atoms with van der Waals surface area (Å²) in [6.07, 6.45) is 0. The molecule has 0 radical (unpaired) electrons. The summed E-state index contributed by atoms with van der Waals surface area (Å²) in [6.45, 7) is 3.73. The van der Waals surface area contributed by atoms with Gasteiger partial charge >= 0.3 is 0 Å². The van der Waals surface area contributed by atoms with Gasteiger partial charge in [0.2, 0.25) is 0 Å². The van der Waals surface area contributed by atoms with Crippen molar-refractivity contribution in [1.29, 1.82) is 0 Å². The Morgan fingerprint density at radius 2 is 1.68 bits per heavy atom. The lowest BCUT2D eigenvalue weighted by atomic mass is 10.1. The van der Waals surface area contributed by atoms with E-state index in [4.69, 9.17) is 0 Å². The zero-order valence-electron chi connectivity index (χ0n) is 16.6. The molecule has 0 fully saturated rings. The van der Waals surface area contributed by atoms with Gasteiger partial charge in [0.1, 0.15) is 17.3 Å². The van der Waals surface area contributed by atoms with Crippen LogP contribution in [0, 0.1) is 6.92 Å². The van der Waals surface area contributed by atoms with Crippen LogP contribution in [0.5, 0.6) is 0 Å². The second-order valence-corrected chi connectivity index (χ2v) is 6.86. The molecular weight excluding hydrogens is 350 g/mol. The summed E-state index contributed by atoms with van der Waals surface area (Å²) in [5.41, 5.74) is 3.38. The van der Waals surface area contributed by atoms with Gasteiger partial charge in [0.15, 0.2) is 0 Å². The molecule has 0 saturated carbocycles. The average molecular weight is 375 g/mol. The number of carbonyl (C=O) groups is 1. The van der Waals surface area contributed by atoms with E-state index in [2.05, 4.69) is 20.6 Å². The lowest BCUT2D eigenvalue weighted by Gasteiger charge is -2.15. The number of nitrogens with zero attached hydrogens (tertiary/aromatic N) is 3. The first kappa shape index (κ1) is 19.4. The molecule has 1 aromatic heterocycles. The molecule has 2 aromatic carbocycles. The van der Waals surface area contributed by atoms with Crippen LogP contribution in [0.1, 0.15) is 34.8 Å². The standard InChI is InChI=1S/C22H25N5O/c1-15(17-8-6-5-7-9-17)23-22(28)20-14-21(25-16(2)24-20)26-18-10-12-19(13-11-18)27(3)4/h5-15H,1-4H3,(H,23,28)(H,24,25,26). The minimum Gasteiger partial charge on any atom is -0.378 e. The number of aromatic nitrogens is 2. The van der Waals surface area contributed by atoms with E-state index in [0.717, 1.165) is 16.9 Å². The first-order valence-corrected chi connectivity index (χ1v) is 9.18. The highest BCUT2D eigenvalue weighted by atomic mass is 16.1. The number of anilines is 3. The fraction of sp³-hybridized carbons (Fsp3) is 0.227. The molecule has 0 aliphatic rings. The lowest BCUT2D eigenvalue weighted by molar-refractivity contribution is 0.0934.